The molecular weight excluding hydrogens is 468 g/mol. The van der Waals surface area contributed by atoms with Crippen molar-refractivity contribution in [3.63, 3.8) is 0 Å². The van der Waals surface area contributed by atoms with Crippen LogP contribution in [0.2, 0.25) is 0 Å². The summed E-state index contributed by atoms with van der Waals surface area (Å²) in [5.41, 5.74) is 3.98. The number of ketones is 1. The minimum Gasteiger partial charge on any atom is -0.496 e. The maximum absolute atomic E-state index is 13.8. The predicted molar refractivity (Wildman–Crippen MR) is 138 cm³/mol. The molecule has 5 rings (SSSR count). The fourth-order valence-electron chi connectivity index (χ4n) is 5.65. The number of aryl methyl sites for hydroxylation is 1. The normalized spacial score (nSPS) is 19.8. The molecule has 2 aromatic carbocycles. The van der Waals surface area contributed by atoms with E-state index in [0.717, 1.165) is 40.4 Å². The zero-order chi connectivity index (χ0) is 26.1. The lowest BCUT2D eigenvalue weighted by molar-refractivity contribution is -0.127. The first-order valence-corrected chi connectivity index (χ1v) is 12.7. The summed E-state index contributed by atoms with van der Waals surface area (Å²) in [4.78, 5) is 44.4. The van der Waals surface area contributed by atoms with Crippen LogP contribution in [0.1, 0.15) is 58.9 Å². The van der Waals surface area contributed by atoms with Crippen molar-refractivity contribution in [2.45, 2.75) is 51.1 Å². The van der Waals surface area contributed by atoms with Gasteiger partial charge in [-0.15, -0.1) is 0 Å². The van der Waals surface area contributed by atoms with E-state index in [1.807, 2.05) is 43.3 Å². The molecule has 8 heteroatoms. The molecule has 190 valence electrons. The van der Waals surface area contributed by atoms with Crippen LogP contribution in [-0.4, -0.2) is 47.2 Å². The van der Waals surface area contributed by atoms with Gasteiger partial charge < -0.3 is 19.9 Å². The zero-order valence-corrected chi connectivity index (χ0v) is 21.0. The van der Waals surface area contributed by atoms with Gasteiger partial charge in [-0.3, -0.25) is 14.4 Å². The summed E-state index contributed by atoms with van der Waals surface area (Å²) in [6.45, 7) is 2.35. The second kappa shape index (κ2) is 10.1. The number of hydrogen-bond donors (Lipinski definition) is 2. The number of carbonyl (C=O) groups is 3. The Kier molecular flexibility index (Phi) is 6.70. The largest absolute Gasteiger partial charge is 0.496 e. The van der Waals surface area contributed by atoms with E-state index in [1.165, 1.54) is 0 Å². The van der Waals surface area contributed by atoms with Crippen LogP contribution in [0.5, 0.6) is 5.75 Å². The van der Waals surface area contributed by atoms with Gasteiger partial charge in [0, 0.05) is 29.8 Å². The Morgan fingerprint density at radius 3 is 2.81 bits per heavy atom. The van der Waals surface area contributed by atoms with Crippen LogP contribution in [0.4, 0.5) is 0 Å². The molecular formula is C29H30N4O4. The molecule has 3 aromatic rings. The number of methoxy groups -OCH3 is 1. The Morgan fingerprint density at radius 2 is 2.08 bits per heavy atom. The second-order valence-corrected chi connectivity index (χ2v) is 9.94. The Hall–Kier alpha value is -4.12. The standard InChI is InChI=1S/C29H30N4O4/c1-17-9-10-21-18(13-17)11-12-33(29(36)24-15-22-23(32-24)6-4-8-26(22)37-2)27(21)28(35)31-20(16-30)14-19-5-3-7-25(19)34/h4,6,8-10,13,15,19-20,27,32H,3,5,7,11-12,14H2,1-2H3,(H,31,35). The highest BCUT2D eigenvalue weighted by molar-refractivity contribution is 6.02. The smallest absolute Gasteiger partial charge is 0.271 e. The van der Waals surface area contributed by atoms with Gasteiger partial charge in [0.25, 0.3) is 5.91 Å². The number of benzene rings is 2. The maximum Gasteiger partial charge on any atom is 0.271 e. The van der Waals surface area contributed by atoms with Crippen LogP contribution in [0.3, 0.4) is 0 Å². The monoisotopic (exact) mass is 498 g/mol. The first kappa shape index (κ1) is 24.6. The summed E-state index contributed by atoms with van der Waals surface area (Å²) in [5, 5.41) is 13.4. The van der Waals surface area contributed by atoms with Crippen molar-refractivity contribution >= 4 is 28.5 Å². The van der Waals surface area contributed by atoms with Gasteiger partial charge in [-0.05, 0) is 61.9 Å². The molecule has 3 atom stereocenters. The van der Waals surface area contributed by atoms with E-state index in [9.17, 15) is 19.6 Å². The van der Waals surface area contributed by atoms with Crippen molar-refractivity contribution in [3.05, 3.63) is 64.8 Å². The molecule has 3 unspecified atom stereocenters. The van der Waals surface area contributed by atoms with Crippen molar-refractivity contribution in [1.29, 1.82) is 5.26 Å². The number of rotatable bonds is 6. The van der Waals surface area contributed by atoms with Gasteiger partial charge in [0.15, 0.2) is 0 Å². The van der Waals surface area contributed by atoms with Gasteiger partial charge in [-0.25, -0.2) is 0 Å². The summed E-state index contributed by atoms with van der Waals surface area (Å²) < 4.78 is 5.44. The highest BCUT2D eigenvalue weighted by atomic mass is 16.5. The average molecular weight is 499 g/mol. The molecule has 0 radical (unpaired) electrons. The van der Waals surface area contributed by atoms with Crippen molar-refractivity contribution in [2.75, 3.05) is 13.7 Å². The zero-order valence-electron chi connectivity index (χ0n) is 21.0. The van der Waals surface area contributed by atoms with Gasteiger partial charge in [-0.2, -0.15) is 5.26 Å². The van der Waals surface area contributed by atoms with Crippen LogP contribution in [0.25, 0.3) is 10.9 Å². The number of carbonyl (C=O) groups excluding carboxylic acids is 3. The van der Waals surface area contributed by atoms with Gasteiger partial charge in [-0.1, -0.05) is 29.8 Å². The summed E-state index contributed by atoms with van der Waals surface area (Å²) in [5.74, 6) is -0.114. The van der Waals surface area contributed by atoms with Gasteiger partial charge in [0.05, 0.1) is 13.2 Å². The highest BCUT2D eigenvalue weighted by Crippen LogP contribution is 2.34. The van der Waals surface area contributed by atoms with Crippen molar-refractivity contribution in [2.24, 2.45) is 5.92 Å². The number of nitriles is 1. The molecule has 2 amide bonds. The number of aromatic amines is 1. The highest BCUT2D eigenvalue weighted by Gasteiger charge is 2.38. The van der Waals surface area contributed by atoms with Crippen LogP contribution < -0.4 is 10.1 Å². The number of hydrogen-bond acceptors (Lipinski definition) is 5. The molecule has 0 spiro atoms. The molecule has 2 aliphatic rings. The molecule has 1 aliphatic carbocycles. The predicted octanol–water partition coefficient (Wildman–Crippen LogP) is 3.99. The molecule has 2 heterocycles. The molecule has 0 bridgehead atoms. The Balaban J connectivity index is 1.46. The third kappa shape index (κ3) is 4.69. The Morgan fingerprint density at radius 1 is 1.24 bits per heavy atom. The third-order valence-electron chi connectivity index (χ3n) is 7.53. The number of nitrogens with zero attached hydrogens (tertiary/aromatic N) is 2. The molecule has 0 saturated heterocycles. The number of fused-ring (bicyclic) bond motifs is 2. The van der Waals surface area contributed by atoms with E-state index in [2.05, 4.69) is 16.4 Å². The maximum atomic E-state index is 13.8. The summed E-state index contributed by atoms with van der Waals surface area (Å²) >= 11 is 0. The molecule has 1 fully saturated rings. The van der Waals surface area contributed by atoms with E-state index in [1.54, 1.807) is 18.1 Å². The van der Waals surface area contributed by atoms with Gasteiger partial charge >= 0.3 is 0 Å². The minimum absolute atomic E-state index is 0.152. The van der Waals surface area contributed by atoms with Crippen LogP contribution >= 0.6 is 0 Å². The quantitative estimate of drug-likeness (QED) is 0.533. The van der Waals surface area contributed by atoms with E-state index in [0.29, 0.717) is 37.3 Å². The lowest BCUT2D eigenvalue weighted by atomic mass is 9.90. The van der Waals surface area contributed by atoms with Gasteiger partial charge in [0.2, 0.25) is 5.91 Å². The van der Waals surface area contributed by atoms with Crippen LogP contribution in [0.15, 0.2) is 42.5 Å². The number of amides is 2. The number of H-pyrrole nitrogens is 1. The van der Waals surface area contributed by atoms with Crippen molar-refractivity contribution < 1.29 is 19.1 Å². The Bertz CT molecular complexity index is 1420. The van der Waals surface area contributed by atoms with Crippen molar-refractivity contribution in [3.8, 4) is 11.8 Å². The van der Waals surface area contributed by atoms with E-state index >= 15 is 0 Å². The number of Topliss-reactive ketones (excluding diaryl/α,β-unsaturated/α-hetero) is 1. The van der Waals surface area contributed by atoms with Crippen LogP contribution in [0, 0.1) is 24.2 Å². The number of aromatic nitrogens is 1. The van der Waals surface area contributed by atoms with E-state index < -0.39 is 18.0 Å². The van der Waals surface area contributed by atoms with Gasteiger partial charge in [0.1, 0.15) is 29.3 Å². The summed E-state index contributed by atoms with van der Waals surface area (Å²) in [6.07, 6.45) is 3.01. The fourth-order valence-corrected chi connectivity index (χ4v) is 5.65. The fraction of sp³-hybridized carbons (Fsp3) is 0.379. The molecule has 2 N–H and O–H groups in total. The first-order valence-electron chi connectivity index (χ1n) is 12.7. The lowest BCUT2D eigenvalue weighted by Gasteiger charge is -2.36. The second-order valence-electron chi connectivity index (χ2n) is 9.94. The molecule has 37 heavy (non-hydrogen) atoms. The summed E-state index contributed by atoms with van der Waals surface area (Å²) in [6, 6.07) is 13.6. The SMILES string of the molecule is COc1cccc2[nH]c(C(=O)N3CCc4cc(C)ccc4C3C(=O)NC(C#N)CC3CCCC3=O)cc12. The summed E-state index contributed by atoms with van der Waals surface area (Å²) in [7, 11) is 1.58. The van der Waals surface area contributed by atoms with E-state index in [-0.39, 0.29) is 17.6 Å². The number of nitrogens with one attached hydrogen (secondary N) is 2. The van der Waals surface area contributed by atoms with Crippen molar-refractivity contribution in [1.82, 2.24) is 15.2 Å². The van der Waals surface area contributed by atoms with Crippen LogP contribution in [-0.2, 0) is 16.0 Å². The minimum atomic E-state index is -0.889. The average Bonchev–Trinajstić information content (AvgIpc) is 3.52. The topological polar surface area (TPSA) is 115 Å². The molecule has 1 aliphatic heterocycles. The third-order valence-corrected chi connectivity index (χ3v) is 7.53. The molecule has 1 saturated carbocycles. The van der Waals surface area contributed by atoms with E-state index in [4.69, 9.17) is 4.74 Å². The lowest BCUT2D eigenvalue weighted by Crippen LogP contribution is -2.49. The first-order chi connectivity index (χ1) is 17.9. The molecule has 8 nitrogen and oxygen atoms in total. The Labute approximate surface area is 215 Å². The number of ether oxygens (including phenoxy) is 1. The molecule has 1 aromatic heterocycles.